The van der Waals surface area contributed by atoms with Crippen LogP contribution in [0.15, 0.2) is 30.5 Å². The first-order chi connectivity index (χ1) is 16.0. The maximum atomic E-state index is 15.0. The lowest BCUT2D eigenvalue weighted by atomic mass is 9.61. The first-order valence-electron chi connectivity index (χ1n) is 10.4. The summed E-state index contributed by atoms with van der Waals surface area (Å²) >= 11 is 0. The van der Waals surface area contributed by atoms with Crippen LogP contribution in [0.4, 0.5) is 36.4 Å². The number of halogens is 7. The Bertz CT molecular complexity index is 1330. The monoisotopic (exact) mass is 503 g/mol. The fraction of sp³-hybridized carbons (Fsp3) is 0.391. The molecule has 1 aliphatic rings. The lowest BCUT2D eigenvalue weighted by molar-refractivity contribution is -0.349. The van der Waals surface area contributed by atoms with E-state index in [1.807, 2.05) is 0 Å². The number of rotatable bonds is 3. The molecule has 0 amide bonds. The molecule has 35 heavy (non-hydrogen) atoms. The van der Waals surface area contributed by atoms with Crippen LogP contribution in [0.25, 0.3) is 10.9 Å². The van der Waals surface area contributed by atoms with Gasteiger partial charge in [0, 0.05) is 22.8 Å². The predicted octanol–water partition coefficient (Wildman–Crippen LogP) is 5.69. The number of aromatic hydroxyl groups is 1. The highest BCUT2D eigenvalue weighted by molar-refractivity contribution is 5.91. The van der Waals surface area contributed by atoms with E-state index in [0.717, 1.165) is 24.4 Å². The Labute approximate surface area is 194 Å². The standard InChI is InChI=1S/C23H20F7N3O2/c1-10-31-8-12-15(7-6-13(24)17(12)32-10)33-19-11-4-5-14(25)18(34)16(11)20(2,3)9-21(19,35)22(26,27)23(28,29)30/h4-8,19,33-35H,9H2,1-3H3/t19-,21-/m1/s1. The van der Waals surface area contributed by atoms with Crippen molar-refractivity contribution < 1.29 is 40.9 Å². The highest BCUT2D eigenvalue weighted by atomic mass is 19.4. The molecule has 0 saturated carbocycles. The van der Waals surface area contributed by atoms with Crippen LogP contribution >= 0.6 is 0 Å². The number of nitrogens with zero attached hydrogens (tertiary/aromatic N) is 2. The molecule has 1 aliphatic carbocycles. The van der Waals surface area contributed by atoms with Crippen LogP contribution in [-0.4, -0.2) is 37.9 Å². The Hall–Kier alpha value is -3.15. The van der Waals surface area contributed by atoms with Gasteiger partial charge in [0.25, 0.3) is 0 Å². The first-order valence-corrected chi connectivity index (χ1v) is 10.4. The van der Waals surface area contributed by atoms with Gasteiger partial charge in [0.2, 0.25) is 0 Å². The van der Waals surface area contributed by atoms with Crippen LogP contribution in [0.5, 0.6) is 5.75 Å². The average Bonchev–Trinajstić information content (AvgIpc) is 2.73. The summed E-state index contributed by atoms with van der Waals surface area (Å²) in [6.07, 6.45) is -6.20. The number of phenols is 1. The molecule has 0 unspecified atom stereocenters. The molecule has 5 nitrogen and oxygen atoms in total. The van der Waals surface area contributed by atoms with E-state index in [0.29, 0.717) is 6.07 Å². The molecular formula is C23H20F7N3O2. The van der Waals surface area contributed by atoms with E-state index in [9.17, 15) is 40.9 Å². The van der Waals surface area contributed by atoms with Gasteiger partial charge >= 0.3 is 12.1 Å². The summed E-state index contributed by atoms with van der Waals surface area (Å²) in [4.78, 5) is 7.86. The van der Waals surface area contributed by atoms with Crippen LogP contribution in [0.2, 0.25) is 0 Å². The predicted molar refractivity (Wildman–Crippen MR) is 112 cm³/mol. The average molecular weight is 503 g/mol. The second-order valence-corrected chi connectivity index (χ2v) is 9.27. The van der Waals surface area contributed by atoms with E-state index in [1.165, 1.54) is 20.8 Å². The van der Waals surface area contributed by atoms with Gasteiger partial charge in [0.05, 0.1) is 6.04 Å². The third kappa shape index (κ3) is 3.65. The maximum Gasteiger partial charge on any atom is 0.456 e. The van der Waals surface area contributed by atoms with Gasteiger partial charge in [-0.1, -0.05) is 19.9 Å². The van der Waals surface area contributed by atoms with E-state index in [2.05, 4.69) is 15.3 Å². The van der Waals surface area contributed by atoms with Gasteiger partial charge in [-0.2, -0.15) is 22.0 Å². The second-order valence-electron chi connectivity index (χ2n) is 9.27. The summed E-state index contributed by atoms with van der Waals surface area (Å²) < 4.78 is 99.2. The summed E-state index contributed by atoms with van der Waals surface area (Å²) in [7, 11) is 0. The molecule has 12 heteroatoms. The molecule has 0 spiro atoms. The number of benzene rings is 2. The number of aromatic nitrogens is 2. The zero-order chi connectivity index (χ0) is 26.1. The summed E-state index contributed by atoms with van der Waals surface area (Å²) in [5.41, 5.74) is -6.50. The third-order valence-corrected chi connectivity index (χ3v) is 6.36. The molecule has 0 saturated heterocycles. The highest BCUT2D eigenvalue weighted by Gasteiger charge is 2.74. The first kappa shape index (κ1) is 25.0. The normalized spacial score (nSPS) is 22.2. The largest absolute Gasteiger partial charge is 0.505 e. The van der Waals surface area contributed by atoms with Crippen molar-refractivity contribution in [3.8, 4) is 5.75 Å². The maximum absolute atomic E-state index is 15.0. The molecule has 0 bridgehead atoms. The topological polar surface area (TPSA) is 78.3 Å². The number of anilines is 1. The number of hydrogen-bond donors (Lipinski definition) is 3. The van der Waals surface area contributed by atoms with Gasteiger partial charge in [-0.3, -0.25) is 0 Å². The molecule has 4 rings (SSSR count). The smallest absolute Gasteiger partial charge is 0.456 e. The quantitative estimate of drug-likeness (QED) is 0.401. The zero-order valence-corrected chi connectivity index (χ0v) is 18.6. The number of aliphatic hydroxyl groups is 1. The minimum Gasteiger partial charge on any atom is -0.505 e. The Balaban J connectivity index is 2.01. The van der Waals surface area contributed by atoms with Crippen molar-refractivity contribution >= 4 is 16.6 Å². The van der Waals surface area contributed by atoms with E-state index in [1.54, 1.807) is 0 Å². The van der Waals surface area contributed by atoms with Crippen molar-refractivity contribution in [3.63, 3.8) is 0 Å². The van der Waals surface area contributed by atoms with E-state index >= 15 is 0 Å². The SMILES string of the molecule is Cc1ncc2c(N[C@@H]3c4ccc(F)c(O)c4C(C)(C)C[C@]3(O)C(F)(F)C(F)(F)F)ccc(F)c2n1. The fourth-order valence-corrected chi connectivity index (χ4v) is 4.85. The van der Waals surface area contributed by atoms with Gasteiger partial charge in [0.1, 0.15) is 17.2 Å². The van der Waals surface area contributed by atoms with Gasteiger partial charge in [0.15, 0.2) is 17.2 Å². The Morgan fingerprint density at radius 3 is 2.29 bits per heavy atom. The molecular weight excluding hydrogens is 483 g/mol. The van der Waals surface area contributed by atoms with Crippen molar-refractivity contribution in [1.29, 1.82) is 0 Å². The number of hydrogen-bond acceptors (Lipinski definition) is 5. The molecule has 188 valence electrons. The molecule has 3 aromatic rings. The third-order valence-electron chi connectivity index (χ3n) is 6.36. The van der Waals surface area contributed by atoms with Crippen LogP contribution in [0.3, 0.4) is 0 Å². The van der Waals surface area contributed by atoms with Gasteiger partial charge in [-0.15, -0.1) is 0 Å². The molecule has 0 fully saturated rings. The summed E-state index contributed by atoms with van der Waals surface area (Å²) in [6.45, 7) is 3.89. The number of aryl methyl sites for hydroxylation is 1. The minimum atomic E-state index is -6.15. The van der Waals surface area contributed by atoms with Gasteiger partial charge < -0.3 is 15.5 Å². The van der Waals surface area contributed by atoms with Crippen molar-refractivity contribution in [2.24, 2.45) is 0 Å². The van der Waals surface area contributed by atoms with Crippen molar-refractivity contribution in [2.45, 2.75) is 56.3 Å². The molecule has 2 aromatic carbocycles. The number of alkyl halides is 5. The van der Waals surface area contributed by atoms with Crippen LogP contribution < -0.4 is 5.32 Å². The minimum absolute atomic E-state index is 0.0500. The van der Waals surface area contributed by atoms with E-state index in [-0.39, 0.29) is 33.5 Å². The van der Waals surface area contributed by atoms with Crippen LogP contribution in [-0.2, 0) is 5.41 Å². The second kappa shape index (κ2) is 7.67. The lowest BCUT2D eigenvalue weighted by Crippen LogP contribution is -2.65. The molecule has 3 N–H and O–H groups in total. The Morgan fingerprint density at radius 1 is 1.03 bits per heavy atom. The molecule has 0 aliphatic heterocycles. The molecule has 2 atom stereocenters. The highest BCUT2D eigenvalue weighted by Crippen LogP contribution is 2.59. The van der Waals surface area contributed by atoms with Gasteiger partial charge in [-0.25, -0.2) is 18.7 Å². The van der Waals surface area contributed by atoms with Crippen molar-refractivity contribution in [2.75, 3.05) is 5.32 Å². The molecule has 1 heterocycles. The fourth-order valence-electron chi connectivity index (χ4n) is 4.85. The number of fused-ring (bicyclic) bond motifs is 2. The summed E-state index contributed by atoms with van der Waals surface area (Å²) in [5.74, 6) is -8.30. The Kier molecular flexibility index (Phi) is 5.47. The Morgan fingerprint density at radius 2 is 1.66 bits per heavy atom. The molecule has 0 radical (unpaired) electrons. The number of nitrogens with one attached hydrogen (secondary N) is 1. The zero-order valence-electron chi connectivity index (χ0n) is 18.6. The number of phenolic OH excluding ortho intramolecular Hbond substituents is 1. The van der Waals surface area contributed by atoms with E-state index in [4.69, 9.17) is 0 Å². The summed E-state index contributed by atoms with van der Waals surface area (Å²) in [6, 6.07) is 1.42. The molecule has 1 aromatic heterocycles. The van der Waals surface area contributed by atoms with Crippen molar-refractivity contribution in [1.82, 2.24) is 9.97 Å². The van der Waals surface area contributed by atoms with Crippen LogP contribution in [0.1, 0.15) is 43.3 Å². The van der Waals surface area contributed by atoms with Crippen molar-refractivity contribution in [3.05, 3.63) is 59.0 Å². The van der Waals surface area contributed by atoms with Gasteiger partial charge in [-0.05, 0) is 42.5 Å². The summed E-state index contributed by atoms with van der Waals surface area (Å²) in [5, 5.41) is 23.9. The van der Waals surface area contributed by atoms with E-state index < -0.39 is 53.0 Å². The lowest BCUT2D eigenvalue weighted by Gasteiger charge is -2.51. The van der Waals surface area contributed by atoms with Crippen LogP contribution in [0, 0.1) is 18.6 Å².